The van der Waals surface area contributed by atoms with E-state index in [4.69, 9.17) is 0 Å². The van der Waals surface area contributed by atoms with Crippen molar-refractivity contribution in [2.24, 2.45) is 5.92 Å². The predicted octanol–water partition coefficient (Wildman–Crippen LogP) is 4.01. The van der Waals surface area contributed by atoms with Crippen molar-refractivity contribution in [3.63, 3.8) is 0 Å². The van der Waals surface area contributed by atoms with Gasteiger partial charge in [0.1, 0.15) is 11.6 Å². The Balaban J connectivity index is 2.72. The fourth-order valence-electron chi connectivity index (χ4n) is 2.48. The molecular formula is C15H24FNO. The molecule has 2 N–H and O–H groups in total. The van der Waals surface area contributed by atoms with Crippen LogP contribution in [0.4, 0.5) is 4.39 Å². The summed E-state index contributed by atoms with van der Waals surface area (Å²) in [5.74, 6) is 0.218. The topological polar surface area (TPSA) is 32.3 Å². The maximum absolute atomic E-state index is 13.7. The van der Waals surface area contributed by atoms with Crippen LogP contribution in [0.1, 0.15) is 52.1 Å². The van der Waals surface area contributed by atoms with Gasteiger partial charge in [0, 0.05) is 23.7 Å². The number of benzene rings is 1. The van der Waals surface area contributed by atoms with Gasteiger partial charge in [-0.2, -0.15) is 0 Å². The molecule has 0 aliphatic rings. The first-order valence-corrected chi connectivity index (χ1v) is 6.74. The van der Waals surface area contributed by atoms with E-state index in [0.717, 1.165) is 18.9 Å². The van der Waals surface area contributed by atoms with Crippen LogP contribution >= 0.6 is 0 Å². The van der Waals surface area contributed by atoms with Crippen LogP contribution in [0, 0.1) is 11.7 Å². The second-order valence-electron chi connectivity index (χ2n) is 4.96. The van der Waals surface area contributed by atoms with Gasteiger partial charge in [-0.25, -0.2) is 4.39 Å². The van der Waals surface area contributed by atoms with Crippen LogP contribution in [0.15, 0.2) is 18.2 Å². The van der Waals surface area contributed by atoms with Crippen LogP contribution < -0.4 is 5.32 Å². The van der Waals surface area contributed by atoms with Crippen molar-refractivity contribution in [1.82, 2.24) is 5.32 Å². The molecule has 1 aromatic rings. The molecule has 0 heterocycles. The fourth-order valence-corrected chi connectivity index (χ4v) is 2.48. The number of nitrogens with one attached hydrogen (secondary N) is 1. The lowest BCUT2D eigenvalue weighted by atomic mass is 9.94. The first-order valence-electron chi connectivity index (χ1n) is 6.74. The highest BCUT2D eigenvalue weighted by Gasteiger charge is 2.18. The average molecular weight is 253 g/mol. The molecule has 0 spiro atoms. The van der Waals surface area contributed by atoms with Crippen molar-refractivity contribution in [3.8, 4) is 5.75 Å². The molecule has 0 aliphatic carbocycles. The number of aromatic hydroxyl groups is 1. The average Bonchev–Trinajstić information content (AvgIpc) is 2.30. The van der Waals surface area contributed by atoms with E-state index in [1.807, 2.05) is 6.92 Å². The summed E-state index contributed by atoms with van der Waals surface area (Å²) in [6.07, 6.45) is 2.24. The highest BCUT2D eigenvalue weighted by atomic mass is 19.1. The van der Waals surface area contributed by atoms with Gasteiger partial charge in [-0.3, -0.25) is 0 Å². The molecule has 102 valence electrons. The monoisotopic (exact) mass is 253 g/mol. The van der Waals surface area contributed by atoms with Gasteiger partial charge in [0.15, 0.2) is 0 Å². The quantitative estimate of drug-likeness (QED) is 0.803. The first kappa shape index (κ1) is 15.0. The maximum Gasteiger partial charge on any atom is 0.131 e. The summed E-state index contributed by atoms with van der Waals surface area (Å²) in [6, 6.07) is 4.62. The van der Waals surface area contributed by atoms with Crippen molar-refractivity contribution in [2.75, 3.05) is 0 Å². The second kappa shape index (κ2) is 6.74. The third-order valence-electron chi connectivity index (χ3n) is 3.72. The zero-order valence-corrected chi connectivity index (χ0v) is 11.7. The van der Waals surface area contributed by atoms with Crippen molar-refractivity contribution in [1.29, 1.82) is 0 Å². The van der Waals surface area contributed by atoms with E-state index < -0.39 is 0 Å². The molecule has 2 unspecified atom stereocenters. The number of rotatable bonds is 6. The first-order chi connectivity index (χ1) is 8.49. The molecular weight excluding hydrogens is 229 g/mol. The van der Waals surface area contributed by atoms with Crippen molar-refractivity contribution >= 4 is 0 Å². The minimum absolute atomic E-state index is 0.0310. The molecule has 0 radical (unpaired) electrons. The second-order valence-corrected chi connectivity index (χ2v) is 4.96. The SMILES string of the molecule is CCC(CC)C(C)NC(C)c1ccc(O)cc1F. The molecule has 18 heavy (non-hydrogen) atoms. The standard InChI is InChI=1S/C15H24FNO/c1-5-12(6-2)10(3)17-11(4)14-8-7-13(18)9-15(14)16/h7-12,17-18H,5-6H2,1-4H3. The summed E-state index contributed by atoms with van der Waals surface area (Å²) < 4.78 is 13.7. The van der Waals surface area contributed by atoms with Gasteiger partial charge >= 0.3 is 0 Å². The molecule has 0 bridgehead atoms. The van der Waals surface area contributed by atoms with Crippen molar-refractivity contribution < 1.29 is 9.50 Å². The van der Waals surface area contributed by atoms with Crippen LogP contribution in [0.25, 0.3) is 0 Å². The summed E-state index contributed by atoms with van der Waals surface area (Å²) in [7, 11) is 0. The predicted molar refractivity (Wildman–Crippen MR) is 73.1 cm³/mol. The third-order valence-corrected chi connectivity index (χ3v) is 3.72. The lowest BCUT2D eigenvalue weighted by molar-refractivity contribution is 0.327. The highest BCUT2D eigenvalue weighted by Crippen LogP contribution is 2.23. The third kappa shape index (κ3) is 3.70. The molecule has 0 aliphatic heterocycles. The Labute approximate surface area is 109 Å². The van der Waals surface area contributed by atoms with Crippen LogP contribution in [0.5, 0.6) is 5.75 Å². The molecule has 3 heteroatoms. The number of halogens is 1. The Bertz CT molecular complexity index is 377. The zero-order valence-electron chi connectivity index (χ0n) is 11.7. The van der Waals surface area contributed by atoms with E-state index in [-0.39, 0.29) is 17.6 Å². The summed E-state index contributed by atoms with van der Waals surface area (Å²) in [6.45, 7) is 8.46. The minimum Gasteiger partial charge on any atom is -0.508 e. The van der Waals surface area contributed by atoms with Crippen LogP contribution in [0.2, 0.25) is 0 Å². The van der Waals surface area contributed by atoms with E-state index in [0.29, 0.717) is 17.5 Å². The summed E-state index contributed by atoms with van der Waals surface area (Å²) in [5.41, 5.74) is 0.602. The summed E-state index contributed by atoms with van der Waals surface area (Å²) in [5, 5.41) is 12.6. The van der Waals surface area contributed by atoms with Gasteiger partial charge in [-0.1, -0.05) is 32.8 Å². The molecule has 1 aromatic carbocycles. The Morgan fingerprint density at radius 3 is 2.33 bits per heavy atom. The van der Waals surface area contributed by atoms with Gasteiger partial charge in [-0.15, -0.1) is 0 Å². The molecule has 0 saturated heterocycles. The van der Waals surface area contributed by atoms with E-state index in [2.05, 4.69) is 26.1 Å². The molecule has 0 amide bonds. The lowest BCUT2D eigenvalue weighted by Gasteiger charge is -2.26. The molecule has 0 aromatic heterocycles. The van der Waals surface area contributed by atoms with Gasteiger partial charge in [0.05, 0.1) is 0 Å². The van der Waals surface area contributed by atoms with E-state index in [9.17, 15) is 9.50 Å². The van der Waals surface area contributed by atoms with Gasteiger partial charge in [0.25, 0.3) is 0 Å². The van der Waals surface area contributed by atoms with Crippen molar-refractivity contribution in [3.05, 3.63) is 29.6 Å². The van der Waals surface area contributed by atoms with E-state index in [1.54, 1.807) is 6.07 Å². The number of phenols is 1. The minimum atomic E-state index is -0.355. The molecule has 0 fully saturated rings. The van der Waals surface area contributed by atoms with Crippen molar-refractivity contribution in [2.45, 2.75) is 52.6 Å². The Morgan fingerprint density at radius 2 is 1.83 bits per heavy atom. The maximum atomic E-state index is 13.7. The van der Waals surface area contributed by atoms with Gasteiger partial charge in [0.2, 0.25) is 0 Å². The zero-order chi connectivity index (χ0) is 13.7. The summed E-state index contributed by atoms with van der Waals surface area (Å²) in [4.78, 5) is 0. The smallest absolute Gasteiger partial charge is 0.131 e. The van der Waals surface area contributed by atoms with Gasteiger partial charge in [-0.05, 0) is 25.8 Å². The number of hydrogen-bond acceptors (Lipinski definition) is 2. The Kier molecular flexibility index (Phi) is 5.60. The highest BCUT2D eigenvalue weighted by molar-refractivity contribution is 5.29. The molecule has 2 nitrogen and oxygen atoms in total. The summed E-state index contributed by atoms with van der Waals surface area (Å²) >= 11 is 0. The molecule has 1 rings (SSSR count). The van der Waals surface area contributed by atoms with Crippen LogP contribution in [-0.4, -0.2) is 11.1 Å². The number of phenolic OH excluding ortho intramolecular Hbond substituents is 1. The van der Waals surface area contributed by atoms with Gasteiger partial charge < -0.3 is 10.4 Å². The van der Waals surface area contributed by atoms with E-state index >= 15 is 0 Å². The lowest BCUT2D eigenvalue weighted by Crippen LogP contribution is -2.35. The van der Waals surface area contributed by atoms with Crippen LogP contribution in [0.3, 0.4) is 0 Å². The largest absolute Gasteiger partial charge is 0.508 e. The van der Waals surface area contributed by atoms with E-state index in [1.165, 1.54) is 6.07 Å². The number of hydrogen-bond donors (Lipinski definition) is 2. The molecule has 0 saturated carbocycles. The normalized spacial score (nSPS) is 14.8. The Hall–Kier alpha value is -1.09. The van der Waals surface area contributed by atoms with Crippen LogP contribution in [-0.2, 0) is 0 Å². The molecule has 2 atom stereocenters. The fraction of sp³-hybridized carbons (Fsp3) is 0.600. The Morgan fingerprint density at radius 1 is 1.22 bits per heavy atom.